The second kappa shape index (κ2) is 5.83. The van der Waals surface area contributed by atoms with Gasteiger partial charge in [0.05, 0.1) is 6.26 Å². The lowest BCUT2D eigenvalue weighted by Crippen LogP contribution is -2.45. The van der Waals surface area contributed by atoms with Crippen molar-refractivity contribution in [2.75, 3.05) is 13.6 Å². The first-order valence-electron chi connectivity index (χ1n) is 7.50. The van der Waals surface area contributed by atoms with Crippen molar-refractivity contribution in [1.29, 1.82) is 0 Å². The maximum atomic E-state index is 12.8. The highest BCUT2D eigenvalue weighted by molar-refractivity contribution is 5.84. The van der Waals surface area contributed by atoms with E-state index in [4.69, 9.17) is 4.42 Å². The van der Waals surface area contributed by atoms with E-state index in [-0.39, 0.29) is 11.9 Å². The van der Waals surface area contributed by atoms with Crippen LogP contribution in [0.25, 0.3) is 0 Å². The van der Waals surface area contributed by atoms with Crippen LogP contribution >= 0.6 is 0 Å². The lowest BCUT2D eigenvalue weighted by atomic mass is 10.1. The summed E-state index contributed by atoms with van der Waals surface area (Å²) >= 11 is 0. The fourth-order valence-corrected chi connectivity index (χ4v) is 3.32. The Bertz CT molecular complexity index is 496. The largest absolute Gasteiger partial charge is 0.467 e. The van der Waals surface area contributed by atoms with Crippen LogP contribution in [-0.2, 0) is 11.2 Å². The summed E-state index contributed by atoms with van der Waals surface area (Å²) in [7, 11) is 1.83. The van der Waals surface area contributed by atoms with E-state index < -0.39 is 0 Å². The van der Waals surface area contributed by atoms with Crippen LogP contribution in [0, 0.1) is 0 Å². The molecule has 108 valence electrons. The normalized spacial score (nSPS) is 24.4. The molecule has 1 aromatic heterocycles. The Hall–Kier alpha value is -1.55. The number of fused-ring (bicyclic) bond motifs is 1. The summed E-state index contributed by atoms with van der Waals surface area (Å²) in [5.74, 6) is 0.958. The molecule has 0 aromatic carbocycles. The quantitative estimate of drug-likeness (QED) is 0.842. The van der Waals surface area contributed by atoms with Gasteiger partial charge >= 0.3 is 0 Å². The number of amides is 1. The van der Waals surface area contributed by atoms with E-state index in [1.165, 1.54) is 0 Å². The second-order valence-electron chi connectivity index (χ2n) is 5.59. The molecule has 3 rings (SSSR count). The number of hydrogen-bond acceptors (Lipinski definition) is 3. The smallest absolute Gasteiger partial charge is 0.247 e. The first-order valence-corrected chi connectivity index (χ1v) is 7.50. The summed E-state index contributed by atoms with van der Waals surface area (Å²) in [6.45, 7) is 0.800. The van der Waals surface area contributed by atoms with Gasteiger partial charge in [0.25, 0.3) is 0 Å². The number of rotatable bonds is 2. The summed E-state index contributed by atoms with van der Waals surface area (Å²) in [6.07, 6.45) is 11.3. The van der Waals surface area contributed by atoms with Gasteiger partial charge in [0.1, 0.15) is 11.8 Å². The van der Waals surface area contributed by atoms with Gasteiger partial charge < -0.3 is 14.6 Å². The van der Waals surface area contributed by atoms with Gasteiger partial charge in [-0.2, -0.15) is 0 Å². The number of nitrogens with zero attached hydrogens (tertiary/aromatic N) is 1. The van der Waals surface area contributed by atoms with Crippen molar-refractivity contribution in [3.05, 3.63) is 35.8 Å². The minimum Gasteiger partial charge on any atom is -0.467 e. The Morgan fingerprint density at radius 1 is 1.30 bits per heavy atom. The van der Waals surface area contributed by atoms with E-state index in [1.807, 2.05) is 13.1 Å². The highest BCUT2D eigenvalue weighted by Gasteiger charge is 2.35. The maximum Gasteiger partial charge on any atom is 0.247 e. The molecule has 0 radical (unpaired) electrons. The summed E-state index contributed by atoms with van der Waals surface area (Å²) in [6, 6.07) is 2.02. The van der Waals surface area contributed by atoms with Crippen LogP contribution in [-0.4, -0.2) is 30.4 Å². The fourth-order valence-electron chi connectivity index (χ4n) is 3.32. The fraction of sp³-hybridized carbons (Fsp3) is 0.562. The van der Waals surface area contributed by atoms with E-state index in [9.17, 15) is 4.79 Å². The first kappa shape index (κ1) is 13.4. The minimum atomic E-state index is -0.335. The van der Waals surface area contributed by atoms with Crippen LogP contribution in [0.4, 0.5) is 0 Å². The Morgan fingerprint density at radius 2 is 2.05 bits per heavy atom. The van der Waals surface area contributed by atoms with Crippen molar-refractivity contribution >= 4 is 5.91 Å². The van der Waals surface area contributed by atoms with Crippen molar-refractivity contribution in [2.24, 2.45) is 0 Å². The van der Waals surface area contributed by atoms with E-state index >= 15 is 0 Å². The molecule has 0 saturated carbocycles. The van der Waals surface area contributed by atoms with Crippen LogP contribution in [0.2, 0.25) is 0 Å². The summed E-state index contributed by atoms with van der Waals surface area (Å²) in [5.41, 5.74) is 1.16. The molecule has 2 aliphatic rings. The van der Waals surface area contributed by atoms with E-state index in [1.54, 1.807) is 6.26 Å². The molecular weight excluding hydrogens is 252 g/mol. The van der Waals surface area contributed by atoms with Gasteiger partial charge in [-0.25, -0.2) is 0 Å². The second-order valence-corrected chi connectivity index (χ2v) is 5.59. The molecule has 20 heavy (non-hydrogen) atoms. The molecule has 4 heteroatoms. The summed E-state index contributed by atoms with van der Waals surface area (Å²) in [5, 5.41) is 3.12. The monoisotopic (exact) mass is 274 g/mol. The molecule has 1 atom stereocenters. The number of allylic oxidation sites excluding steroid dienone is 2. The number of nitrogens with one attached hydrogen (secondary N) is 1. The molecule has 0 fully saturated rings. The van der Waals surface area contributed by atoms with Crippen LogP contribution < -0.4 is 5.32 Å². The van der Waals surface area contributed by atoms with Gasteiger partial charge in [0.2, 0.25) is 5.91 Å². The van der Waals surface area contributed by atoms with Gasteiger partial charge in [0, 0.05) is 12.6 Å². The minimum absolute atomic E-state index is 0.160. The third-order valence-electron chi connectivity index (χ3n) is 4.42. The molecule has 0 saturated heterocycles. The molecule has 1 aliphatic carbocycles. The molecule has 0 bridgehead atoms. The highest BCUT2D eigenvalue weighted by Crippen LogP contribution is 2.29. The van der Waals surface area contributed by atoms with Crippen molar-refractivity contribution < 1.29 is 9.21 Å². The van der Waals surface area contributed by atoms with Crippen LogP contribution in [0.15, 0.2) is 28.9 Å². The molecule has 2 heterocycles. The predicted octanol–water partition coefficient (Wildman–Crippen LogP) is 2.42. The number of carbonyl (C=O) groups is 1. The molecule has 1 unspecified atom stereocenters. The summed E-state index contributed by atoms with van der Waals surface area (Å²) in [4.78, 5) is 14.9. The average Bonchev–Trinajstić information content (AvgIpc) is 2.69. The number of likely N-dealkylation sites (N-methyl/N-ethyl adjacent to an activating group) is 1. The molecule has 1 aliphatic heterocycles. The molecule has 1 N–H and O–H groups in total. The highest BCUT2D eigenvalue weighted by atomic mass is 16.3. The first-order chi connectivity index (χ1) is 9.81. The van der Waals surface area contributed by atoms with Gasteiger partial charge in [-0.05, 0) is 50.8 Å². The van der Waals surface area contributed by atoms with E-state index in [2.05, 4.69) is 22.4 Å². The Labute approximate surface area is 119 Å². The average molecular weight is 274 g/mol. The standard InChI is InChI=1S/C16H22N2O2/c1-17-14-15-12(9-11-20-15)8-10-18(16(14)19)13-6-4-2-3-5-7-13/h2-3,9,11,13-14,17H,4-8,10H2,1H3. The number of hydrogen-bond donors (Lipinski definition) is 1. The summed E-state index contributed by atoms with van der Waals surface area (Å²) < 4.78 is 5.55. The molecule has 0 spiro atoms. The van der Waals surface area contributed by atoms with Crippen LogP contribution in [0.5, 0.6) is 0 Å². The number of carbonyl (C=O) groups excluding carboxylic acids is 1. The lowest BCUT2D eigenvalue weighted by molar-refractivity contribution is -0.136. The molecule has 1 aromatic rings. The van der Waals surface area contributed by atoms with Gasteiger partial charge in [-0.15, -0.1) is 0 Å². The maximum absolute atomic E-state index is 12.8. The van der Waals surface area contributed by atoms with Crippen LogP contribution in [0.3, 0.4) is 0 Å². The van der Waals surface area contributed by atoms with Crippen molar-refractivity contribution in [3.8, 4) is 0 Å². The lowest BCUT2D eigenvalue weighted by Gasteiger charge is -2.32. The van der Waals surface area contributed by atoms with Gasteiger partial charge in [-0.1, -0.05) is 12.2 Å². The van der Waals surface area contributed by atoms with Crippen molar-refractivity contribution in [1.82, 2.24) is 10.2 Å². The Kier molecular flexibility index (Phi) is 3.92. The third kappa shape index (κ3) is 2.40. The van der Waals surface area contributed by atoms with Crippen LogP contribution in [0.1, 0.15) is 43.0 Å². The zero-order valence-electron chi connectivity index (χ0n) is 12.0. The number of furan rings is 1. The Morgan fingerprint density at radius 3 is 2.75 bits per heavy atom. The zero-order chi connectivity index (χ0) is 13.9. The topological polar surface area (TPSA) is 45.5 Å². The van der Waals surface area contributed by atoms with Crippen molar-refractivity contribution in [3.63, 3.8) is 0 Å². The molecule has 4 nitrogen and oxygen atoms in total. The molecular formula is C16H22N2O2. The van der Waals surface area contributed by atoms with Crippen molar-refractivity contribution in [2.45, 2.75) is 44.2 Å². The SMILES string of the molecule is CNC1C(=O)N(C2CCC=CCC2)CCc2ccoc21. The zero-order valence-corrected chi connectivity index (χ0v) is 12.0. The molecule has 1 amide bonds. The Balaban J connectivity index is 1.83. The van der Waals surface area contributed by atoms with Gasteiger partial charge in [-0.3, -0.25) is 4.79 Å². The third-order valence-corrected chi connectivity index (χ3v) is 4.42. The van der Waals surface area contributed by atoms with Gasteiger partial charge in [0.15, 0.2) is 0 Å². The predicted molar refractivity (Wildman–Crippen MR) is 77.3 cm³/mol. The van der Waals surface area contributed by atoms with E-state index in [0.29, 0.717) is 6.04 Å². The van der Waals surface area contributed by atoms with E-state index in [0.717, 1.165) is 50.0 Å².